The van der Waals surface area contributed by atoms with Gasteiger partial charge in [-0.25, -0.2) is 0 Å². The Morgan fingerprint density at radius 3 is 1.19 bits per heavy atom. The van der Waals surface area contributed by atoms with Crippen LogP contribution in [0.4, 0.5) is 11.4 Å². The Labute approximate surface area is 251 Å². The van der Waals surface area contributed by atoms with E-state index < -0.39 is 0 Å². The van der Waals surface area contributed by atoms with Crippen LogP contribution in [-0.4, -0.2) is 51.5 Å². The van der Waals surface area contributed by atoms with E-state index in [1.165, 1.54) is 0 Å². The van der Waals surface area contributed by atoms with Crippen LogP contribution in [0, 0.1) is 0 Å². The molecule has 9 nitrogen and oxygen atoms in total. The summed E-state index contributed by atoms with van der Waals surface area (Å²) in [5, 5.41) is 5.75. The van der Waals surface area contributed by atoms with Gasteiger partial charge in [0.1, 0.15) is 36.2 Å². The van der Waals surface area contributed by atoms with E-state index in [9.17, 15) is 9.59 Å². The second-order valence-electron chi connectivity index (χ2n) is 9.20. The molecule has 0 aliphatic rings. The third-order valence-electron chi connectivity index (χ3n) is 6.09. The molecule has 0 saturated heterocycles. The lowest BCUT2D eigenvalue weighted by molar-refractivity contribution is 0.101. The average molecular weight is 585 g/mol. The van der Waals surface area contributed by atoms with Crippen LogP contribution < -0.4 is 24.8 Å². The van der Waals surface area contributed by atoms with E-state index in [-0.39, 0.29) is 11.8 Å². The lowest BCUT2D eigenvalue weighted by atomic mass is 10.2. The van der Waals surface area contributed by atoms with Gasteiger partial charge in [-0.2, -0.15) is 0 Å². The van der Waals surface area contributed by atoms with Crippen LogP contribution in [0.25, 0.3) is 0 Å². The number of benzene rings is 4. The Balaban J connectivity index is 1.23. The van der Waals surface area contributed by atoms with Gasteiger partial charge in [0.15, 0.2) is 0 Å². The molecule has 0 aromatic heterocycles. The van der Waals surface area contributed by atoms with E-state index in [2.05, 4.69) is 10.6 Å². The first-order valence-corrected chi connectivity index (χ1v) is 14.2. The minimum absolute atomic E-state index is 0.228. The third kappa shape index (κ3) is 10.2. The number of ether oxygens (including phenoxy) is 5. The van der Waals surface area contributed by atoms with Crippen LogP contribution >= 0.6 is 0 Å². The number of hydrogen-bond acceptors (Lipinski definition) is 7. The van der Waals surface area contributed by atoms with E-state index in [0.717, 1.165) is 0 Å². The second kappa shape index (κ2) is 16.5. The van der Waals surface area contributed by atoms with Crippen molar-refractivity contribution in [1.82, 2.24) is 0 Å². The zero-order chi connectivity index (χ0) is 30.3. The molecule has 0 heterocycles. The number of rotatable bonds is 16. The third-order valence-corrected chi connectivity index (χ3v) is 6.09. The second-order valence-corrected chi connectivity index (χ2v) is 9.20. The van der Waals surface area contributed by atoms with Crippen LogP contribution in [0.2, 0.25) is 0 Å². The van der Waals surface area contributed by atoms with E-state index in [4.69, 9.17) is 23.7 Å². The maximum absolute atomic E-state index is 12.6. The Bertz CT molecular complexity index is 1310. The summed E-state index contributed by atoms with van der Waals surface area (Å²) in [6.45, 7) is 7.11. The van der Waals surface area contributed by atoms with Gasteiger partial charge in [-0.15, -0.1) is 0 Å². The summed E-state index contributed by atoms with van der Waals surface area (Å²) in [6, 6.07) is 28.0. The minimum atomic E-state index is -0.228. The van der Waals surface area contributed by atoms with E-state index in [1.807, 2.05) is 13.8 Å². The Kier molecular flexibility index (Phi) is 12.0. The van der Waals surface area contributed by atoms with Gasteiger partial charge in [-0.1, -0.05) is 0 Å². The monoisotopic (exact) mass is 584 g/mol. The molecule has 0 saturated carbocycles. The fraction of sp³-hybridized carbons (Fsp3) is 0.235. The molecule has 0 fully saturated rings. The van der Waals surface area contributed by atoms with Gasteiger partial charge in [0.25, 0.3) is 11.8 Å². The number of carbonyl (C=O) groups excluding carboxylic acids is 2. The predicted octanol–water partition coefficient (Wildman–Crippen LogP) is 6.81. The molecule has 0 unspecified atom stereocenters. The van der Waals surface area contributed by atoms with Gasteiger partial charge in [-0.05, 0) is 111 Å². The molecule has 224 valence electrons. The zero-order valence-electron chi connectivity index (χ0n) is 24.3. The lowest BCUT2D eigenvalue weighted by Crippen LogP contribution is -2.12. The number of hydrogen-bond donors (Lipinski definition) is 2. The highest BCUT2D eigenvalue weighted by Gasteiger charge is 2.09. The molecule has 0 radical (unpaired) electrons. The number of carbonyl (C=O) groups is 2. The largest absolute Gasteiger partial charge is 0.491 e. The normalized spacial score (nSPS) is 10.6. The highest BCUT2D eigenvalue weighted by molar-refractivity contribution is 6.05. The Morgan fingerprint density at radius 1 is 0.488 bits per heavy atom. The summed E-state index contributed by atoms with van der Waals surface area (Å²) < 4.78 is 27.6. The zero-order valence-corrected chi connectivity index (χ0v) is 24.3. The van der Waals surface area contributed by atoms with Crippen LogP contribution in [0.5, 0.6) is 23.0 Å². The molecular weight excluding hydrogens is 548 g/mol. The summed E-state index contributed by atoms with van der Waals surface area (Å²) >= 11 is 0. The smallest absolute Gasteiger partial charge is 0.255 e. The maximum atomic E-state index is 12.6. The Hall–Kier alpha value is -4.86. The number of nitrogens with one attached hydrogen (secondary N) is 2. The van der Waals surface area contributed by atoms with Gasteiger partial charge in [0.05, 0.1) is 13.2 Å². The van der Waals surface area contributed by atoms with E-state index in [0.29, 0.717) is 85.1 Å². The summed E-state index contributed by atoms with van der Waals surface area (Å²) in [5.74, 6) is 2.11. The van der Waals surface area contributed by atoms with Gasteiger partial charge >= 0.3 is 0 Å². The lowest BCUT2D eigenvalue weighted by Gasteiger charge is -2.10. The molecule has 2 N–H and O–H groups in total. The van der Waals surface area contributed by atoms with Crippen LogP contribution in [0.1, 0.15) is 34.6 Å². The van der Waals surface area contributed by atoms with Crippen molar-refractivity contribution in [2.45, 2.75) is 13.8 Å². The van der Waals surface area contributed by atoms with Crippen molar-refractivity contribution in [3.8, 4) is 23.0 Å². The fourth-order valence-electron chi connectivity index (χ4n) is 3.89. The summed E-state index contributed by atoms with van der Waals surface area (Å²) in [6.07, 6.45) is 0. The van der Waals surface area contributed by atoms with E-state index >= 15 is 0 Å². The van der Waals surface area contributed by atoms with Crippen LogP contribution in [-0.2, 0) is 9.47 Å². The van der Waals surface area contributed by atoms with Crippen molar-refractivity contribution < 1.29 is 33.3 Å². The SMILES string of the molecule is CCOCCOc1ccc(C(=O)Nc2ccc(Oc3ccc(NC(=O)c4ccc(OCCOCC)cc4)cc3)cc2)cc1. The molecular formula is C34H36N2O7. The van der Waals surface area contributed by atoms with Gasteiger partial charge in [0.2, 0.25) is 0 Å². The molecule has 0 aliphatic heterocycles. The topological polar surface area (TPSA) is 104 Å². The molecule has 4 aromatic carbocycles. The molecule has 2 amide bonds. The molecule has 0 bridgehead atoms. The molecule has 4 aromatic rings. The van der Waals surface area contributed by atoms with Crippen molar-refractivity contribution in [2.24, 2.45) is 0 Å². The minimum Gasteiger partial charge on any atom is -0.491 e. The highest BCUT2D eigenvalue weighted by atomic mass is 16.5. The first-order valence-electron chi connectivity index (χ1n) is 14.2. The summed E-state index contributed by atoms with van der Waals surface area (Å²) in [4.78, 5) is 25.3. The quantitative estimate of drug-likeness (QED) is 0.139. The first kappa shape index (κ1) is 31.1. The molecule has 4 rings (SSSR count). The van der Waals surface area contributed by atoms with Gasteiger partial charge in [-0.3, -0.25) is 9.59 Å². The number of anilines is 2. The molecule has 0 atom stereocenters. The van der Waals surface area contributed by atoms with Crippen molar-refractivity contribution >= 4 is 23.2 Å². The van der Waals surface area contributed by atoms with Crippen molar-refractivity contribution in [3.05, 3.63) is 108 Å². The van der Waals surface area contributed by atoms with Crippen LogP contribution in [0.3, 0.4) is 0 Å². The fourth-order valence-corrected chi connectivity index (χ4v) is 3.89. The molecule has 9 heteroatoms. The molecule has 0 aliphatic carbocycles. The summed E-state index contributed by atoms with van der Waals surface area (Å²) in [5.41, 5.74) is 2.31. The van der Waals surface area contributed by atoms with Crippen molar-refractivity contribution in [3.63, 3.8) is 0 Å². The van der Waals surface area contributed by atoms with Crippen molar-refractivity contribution in [2.75, 3.05) is 50.3 Å². The summed E-state index contributed by atoms with van der Waals surface area (Å²) in [7, 11) is 0. The van der Waals surface area contributed by atoms with Gasteiger partial charge < -0.3 is 34.3 Å². The molecule has 0 spiro atoms. The predicted molar refractivity (Wildman–Crippen MR) is 166 cm³/mol. The van der Waals surface area contributed by atoms with E-state index in [1.54, 1.807) is 97.1 Å². The first-order chi connectivity index (χ1) is 21.0. The maximum Gasteiger partial charge on any atom is 0.255 e. The standard InChI is InChI=1S/C34H36N2O7/c1-3-39-21-23-41-29-13-5-25(6-14-29)33(37)35-27-9-17-31(18-10-27)43-32-19-11-28(12-20-32)36-34(38)26-7-15-30(16-8-26)42-24-22-40-4-2/h5-20H,3-4,21-24H2,1-2H3,(H,35,37)(H,36,38). The number of amides is 2. The average Bonchev–Trinajstić information content (AvgIpc) is 3.04. The molecule has 43 heavy (non-hydrogen) atoms. The van der Waals surface area contributed by atoms with Crippen molar-refractivity contribution in [1.29, 1.82) is 0 Å². The highest BCUT2D eigenvalue weighted by Crippen LogP contribution is 2.25. The Morgan fingerprint density at radius 2 is 0.837 bits per heavy atom. The van der Waals surface area contributed by atoms with Crippen LogP contribution in [0.15, 0.2) is 97.1 Å². The van der Waals surface area contributed by atoms with Gasteiger partial charge in [0, 0.05) is 35.7 Å².